The zero-order valence-electron chi connectivity index (χ0n) is 16.7. The van der Waals surface area contributed by atoms with E-state index in [9.17, 15) is 4.79 Å². The largest absolute Gasteiger partial charge is 0.376 e. The lowest BCUT2D eigenvalue weighted by molar-refractivity contribution is 0.0745. The molecular formula is C20H26N6O2. The number of hydrogen-bond donors (Lipinski definition) is 0. The van der Waals surface area contributed by atoms with E-state index in [1.807, 2.05) is 11.1 Å². The number of carbonyl (C=O) groups excluding carboxylic acids is 1. The number of anilines is 1. The third-order valence-electron chi connectivity index (χ3n) is 5.10. The van der Waals surface area contributed by atoms with E-state index in [1.165, 1.54) is 0 Å². The Balaban J connectivity index is 1.39. The highest BCUT2D eigenvalue weighted by Crippen LogP contribution is 2.20. The minimum absolute atomic E-state index is 0.0244. The molecule has 0 atom stereocenters. The fraction of sp³-hybridized carbons (Fsp3) is 0.550. The third-order valence-corrected chi connectivity index (χ3v) is 5.10. The second kappa shape index (κ2) is 7.43. The van der Waals surface area contributed by atoms with Crippen molar-refractivity contribution in [2.45, 2.75) is 39.2 Å². The molecule has 1 fully saturated rings. The molecule has 0 saturated carbocycles. The minimum Gasteiger partial charge on any atom is -0.376 e. The van der Waals surface area contributed by atoms with Crippen molar-refractivity contribution in [3.8, 4) is 0 Å². The molecule has 0 unspecified atom stereocenters. The Morgan fingerprint density at radius 1 is 1.04 bits per heavy atom. The van der Waals surface area contributed by atoms with Gasteiger partial charge >= 0.3 is 0 Å². The number of aromatic nitrogens is 4. The number of rotatable bonds is 2. The van der Waals surface area contributed by atoms with Crippen LogP contribution in [0, 0.1) is 0 Å². The summed E-state index contributed by atoms with van der Waals surface area (Å²) < 4.78 is 5.44. The highest BCUT2D eigenvalue weighted by Gasteiger charge is 2.25. The summed E-state index contributed by atoms with van der Waals surface area (Å²) in [7, 11) is 0. The molecule has 4 heterocycles. The van der Waals surface area contributed by atoms with Gasteiger partial charge in [0.15, 0.2) is 0 Å². The number of carbonyl (C=O) groups is 1. The first-order chi connectivity index (χ1) is 13.4. The predicted octanol–water partition coefficient (Wildman–Crippen LogP) is 1.60. The fourth-order valence-corrected chi connectivity index (χ4v) is 3.39. The molecule has 1 amide bonds. The van der Waals surface area contributed by atoms with Crippen LogP contribution in [0.25, 0.3) is 0 Å². The van der Waals surface area contributed by atoms with Crippen LogP contribution < -0.4 is 4.90 Å². The van der Waals surface area contributed by atoms with Gasteiger partial charge in [-0.1, -0.05) is 20.8 Å². The molecule has 1 saturated heterocycles. The first-order valence-corrected chi connectivity index (χ1v) is 9.71. The van der Waals surface area contributed by atoms with Gasteiger partial charge in [-0.15, -0.1) is 0 Å². The maximum absolute atomic E-state index is 12.8. The maximum Gasteiger partial charge on any atom is 0.257 e. The Morgan fingerprint density at radius 3 is 2.43 bits per heavy atom. The molecule has 8 nitrogen and oxygen atoms in total. The molecule has 2 aromatic heterocycles. The highest BCUT2D eigenvalue weighted by molar-refractivity contribution is 5.93. The van der Waals surface area contributed by atoms with E-state index in [2.05, 4.69) is 40.6 Å². The Kier molecular flexibility index (Phi) is 4.97. The van der Waals surface area contributed by atoms with Crippen molar-refractivity contribution < 1.29 is 9.53 Å². The SMILES string of the molecule is CC(C)(C)c1ncc(C(=O)N2CCN(c3ncc4c(n3)CCOC4)CC2)cn1. The van der Waals surface area contributed by atoms with Crippen molar-refractivity contribution in [2.24, 2.45) is 0 Å². The molecule has 2 aliphatic rings. The van der Waals surface area contributed by atoms with Crippen LogP contribution in [0.2, 0.25) is 0 Å². The number of piperazine rings is 1. The summed E-state index contributed by atoms with van der Waals surface area (Å²) in [5.74, 6) is 1.46. The molecule has 148 valence electrons. The molecule has 2 aliphatic heterocycles. The van der Waals surface area contributed by atoms with Gasteiger partial charge in [-0.05, 0) is 0 Å². The van der Waals surface area contributed by atoms with E-state index in [4.69, 9.17) is 9.72 Å². The monoisotopic (exact) mass is 382 g/mol. The standard InChI is InChI=1S/C20H26N6O2/c1-20(2,3)18-21-10-14(11-22-18)17(27)25-5-7-26(8-6-25)19-23-12-15-13-28-9-4-16(15)24-19/h10-12H,4-9,13H2,1-3H3. The van der Waals surface area contributed by atoms with Gasteiger partial charge in [0.1, 0.15) is 5.82 Å². The molecule has 0 aromatic carbocycles. The third kappa shape index (κ3) is 3.82. The molecule has 8 heteroatoms. The summed E-state index contributed by atoms with van der Waals surface area (Å²) in [4.78, 5) is 34.7. The normalized spacial score (nSPS) is 17.4. The van der Waals surface area contributed by atoms with Gasteiger partial charge in [-0.2, -0.15) is 0 Å². The van der Waals surface area contributed by atoms with Gasteiger partial charge in [-0.3, -0.25) is 4.79 Å². The summed E-state index contributed by atoms with van der Waals surface area (Å²) in [5.41, 5.74) is 2.55. The highest BCUT2D eigenvalue weighted by atomic mass is 16.5. The second-order valence-corrected chi connectivity index (χ2v) is 8.27. The smallest absolute Gasteiger partial charge is 0.257 e. The van der Waals surface area contributed by atoms with Crippen molar-refractivity contribution in [2.75, 3.05) is 37.7 Å². The predicted molar refractivity (Wildman–Crippen MR) is 104 cm³/mol. The Bertz CT molecular complexity index is 854. The van der Waals surface area contributed by atoms with Gasteiger partial charge in [0.25, 0.3) is 5.91 Å². The zero-order valence-corrected chi connectivity index (χ0v) is 16.7. The second-order valence-electron chi connectivity index (χ2n) is 8.27. The van der Waals surface area contributed by atoms with Crippen molar-refractivity contribution >= 4 is 11.9 Å². The van der Waals surface area contributed by atoms with Crippen molar-refractivity contribution in [3.05, 3.63) is 41.2 Å². The molecule has 0 spiro atoms. The average Bonchev–Trinajstić information content (AvgIpc) is 2.72. The van der Waals surface area contributed by atoms with Crippen LogP contribution in [-0.4, -0.2) is 63.5 Å². The van der Waals surface area contributed by atoms with E-state index < -0.39 is 0 Å². The summed E-state index contributed by atoms with van der Waals surface area (Å²) >= 11 is 0. The Hall–Kier alpha value is -2.61. The van der Waals surface area contributed by atoms with Gasteiger partial charge in [0.05, 0.1) is 24.5 Å². The maximum atomic E-state index is 12.8. The van der Waals surface area contributed by atoms with Crippen LogP contribution in [-0.2, 0) is 23.2 Å². The lowest BCUT2D eigenvalue weighted by atomic mass is 9.96. The van der Waals surface area contributed by atoms with Crippen LogP contribution >= 0.6 is 0 Å². The lowest BCUT2D eigenvalue weighted by Crippen LogP contribution is -2.49. The van der Waals surface area contributed by atoms with E-state index in [1.54, 1.807) is 12.4 Å². The number of fused-ring (bicyclic) bond motifs is 1. The molecular weight excluding hydrogens is 356 g/mol. The first-order valence-electron chi connectivity index (χ1n) is 9.71. The summed E-state index contributed by atoms with van der Waals surface area (Å²) in [6.45, 7) is 10.1. The van der Waals surface area contributed by atoms with Crippen LogP contribution in [0.15, 0.2) is 18.6 Å². The molecule has 28 heavy (non-hydrogen) atoms. The number of amides is 1. The van der Waals surface area contributed by atoms with Gasteiger partial charge in [0.2, 0.25) is 5.95 Å². The zero-order chi connectivity index (χ0) is 19.7. The quantitative estimate of drug-likeness (QED) is 0.780. The van der Waals surface area contributed by atoms with Crippen molar-refractivity contribution in [3.63, 3.8) is 0 Å². The Labute approximate surface area is 165 Å². The van der Waals surface area contributed by atoms with Crippen molar-refractivity contribution in [1.82, 2.24) is 24.8 Å². The van der Waals surface area contributed by atoms with Gasteiger partial charge < -0.3 is 14.5 Å². The average molecular weight is 382 g/mol. The van der Waals surface area contributed by atoms with Crippen LogP contribution in [0.4, 0.5) is 5.95 Å². The molecule has 0 radical (unpaired) electrons. The minimum atomic E-state index is -0.131. The first kappa shape index (κ1) is 18.7. The summed E-state index contributed by atoms with van der Waals surface area (Å²) in [6.07, 6.45) is 5.96. The van der Waals surface area contributed by atoms with Crippen LogP contribution in [0.1, 0.15) is 48.2 Å². The molecule has 4 rings (SSSR count). The van der Waals surface area contributed by atoms with Crippen LogP contribution in [0.5, 0.6) is 0 Å². The number of hydrogen-bond acceptors (Lipinski definition) is 7. The Morgan fingerprint density at radius 2 is 1.75 bits per heavy atom. The molecule has 0 N–H and O–H groups in total. The van der Waals surface area contributed by atoms with Crippen LogP contribution in [0.3, 0.4) is 0 Å². The van der Waals surface area contributed by atoms with E-state index >= 15 is 0 Å². The summed E-state index contributed by atoms with van der Waals surface area (Å²) in [5, 5.41) is 0. The molecule has 2 aromatic rings. The van der Waals surface area contributed by atoms with Gasteiger partial charge in [0, 0.05) is 62.2 Å². The molecule has 0 aliphatic carbocycles. The van der Waals surface area contributed by atoms with Gasteiger partial charge in [-0.25, -0.2) is 19.9 Å². The molecule has 0 bridgehead atoms. The van der Waals surface area contributed by atoms with Crippen molar-refractivity contribution in [1.29, 1.82) is 0 Å². The fourth-order valence-electron chi connectivity index (χ4n) is 3.39. The number of ether oxygens (including phenoxy) is 1. The van der Waals surface area contributed by atoms with E-state index in [0.717, 1.165) is 29.5 Å². The lowest BCUT2D eigenvalue weighted by Gasteiger charge is -2.35. The van der Waals surface area contributed by atoms with E-state index in [-0.39, 0.29) is 11.3 Å². The van der Waals surface area contributed by atoms with E-state index in [0.29, 0.717) is 45.0 Å². The number of nitrogens with zero attached hydrogens (tertiary/aromatic N) is 6. The topological polar surface area (TPSA) is 84.3 Å². The summed E-state index contributed by atoms with van der Waals surface area (Å²) in [6, 6.07) is 0.